The monoisotopic (exact) mass is 320 g/mol. The Bertz CT molecular complexity index is 803. The van der Waals surface area contributed by atoms with E-state index >= 15 is 0 Å². The maximum atomic E-state index is 12.8. The number of methoxy groups -OCH3 is 2. The first-order chi connectivity index (χ1) is 11.0. The van der Waals surface area contributed by atoms with Crippen LogP contribution in [0, 0.1) is 0 Å². The predicted molar refractivity (Wildman–Crippen MR) is 80.3 cm³/mol. The number of carbonyl (C=O) groups is 2. The number of ether oxygens (including phenoxy) is 2. The maximum Gasteiger partial charge on any atom is 0.324 e. The first-order valence-corrected chi connectivity index (χ1v) is 6.89. The van der Waals surface area contributed by atoms with Gasteiger partial charge in [0.1, 0.15) is 22.5 Å². The van der Waals surface area contributed by atoms with Crippen LogP contribution in [0.2, 0.25) is 0 Å². The van der Waals surface area contributed by atoms with Gasteiger partial charge in [-0.3, -0.25) is 14.4 Å². The molecule has 1 aromatic carbocycles. The lowest BCUT2D eigenvalue weighted by atomic mass is 9.95. The number of benzene rings is 1. The van der Waals surface area contributed by atoms with Gasteiger partial charge in [-0.2, -0.15) is 0 Å². The Morgan fingerprint density at radius 1 is 1.22 bits per heavy atom. The fourth-order valence-corrected chi connectivity index (χ4v) is 2.40. The third-order valence-electron chi connectivity index (χ3n) is 3.49. The molecule has 0 saturated heterocycles. The number of phenols is 1. The second kappa shape index (κ2) is 6.51. The van der Waals surface area contributed by atoms with E-state index in [0.29, 0.717) is 0 Å². The van der Waals surface area contributed by atoms with Crippen LogP contribution in [0.25, 0.3) is 11.0 Å². The van der Waals surface area contributed by atoms with Crippen LogP contribution in [0.3, 0.4) is 0 Å². The average Bonchev–Trinajstić information content (AvgIpc) is 2.55. The van der Waals surface area contributed by atoms with Crippen molar-refractivity contribution in [3.8, 4) is 5.75 Å². The lowest BCUT2D eigenvalue weighted by molar-refractivity contribution is -0.154. The van der Waals surface area contributed by atoms with E-state index < -0.39 is 23.3 Å². The van der Waals surface area contributed by atoms with Gasteiger partial charge in [0.05, 0.1) is 19.8 Å². The molecule has 2 rings (SSSR count). The number of carbonyl (C=O) groups excluding carboxylic acids is 2. The van der Waals surface area contributed by atoms with Crippen molar-refractivity contribution in [1.82, 2.24) is 0 Å². The summed E-state index contributed by atoms with van der Waals surface area (Å²) in [6.07, 6.45) is 0.265. The second-order valence-corrected chi connectivity index (χ2v) is 4.75. The average molecular weight is 320 g/mol. The molecule has 1 aromatic heterocycles. The summed E-state index contributed by atoms with van der Waals surface area (Å²) in [4.78, 5) is 36.8. The van der Waals surface area contributed by atoms with Gasteiger partial charge in [0.25, 0.3) is 0 Å². The van der Waals surface area contributed by atoms with Crippen molar-refractivity contribution in [3.63, 3.8) is 0 Å². The smallest absolute Gasteiger partial charge is 0.324 e. The molecule has 1 heterocycles. The van der Waals surface area contributed by atoms with Crippen molar-refractivity contribution in [3.05, 3.63) is 39.7 Å². The molecule has 0 aliphatic rings. The van der Waals surface area contributed by atoms with Crippen LogP contribution >= 0.6 is 0 Å². The Morgan fingerprint density at radius 2 is 1.83 bits per heavy atom. The maximum absolute atomic E-state index is 12.8. The molecule has 0 aliphatic carbocycles. The molecule has 7 nitrogen and oxygen atoms in total. The zero-order valence-electron chi connectivity index (χ0n) is 12.9. The third kappa shape index (κ3) is 2.77. The molecule has 1 N–H and O–H groups in total. The summed E-state index contributed by atoms with van der Waals surface area (Å²) in [5.41, 5.74) is -0.675. The zero-order valence-corrected chi connectivity index (χ0v) is 12.9. The van der Waals surface area contributed by atoms with Gasteiger partial charge in [-0.1, -0.05) is 13.0 Å². The molecular formula is C16H16O7. The lowest BCUT2D eigenvalue weighted by Gasteiger charge is -2.15. The number of esters is 2. The summed E-state index contributed by atoms with van der Waals surface area (Å²) in [5.74, 6) is -3.58. The van der Waals surface area contributed by atoms with Gasteiger partial charge in [-0.25, -0.2) is 0 Å². The minimum Gasteiger partial charge on any atom is -0.507 e. The molecule has 0 radical (unpaired) electrons. The molecule has 0 aliphatic heterocycles. The zero-order chi connectivity index (χ0) is 17.1. The van der Waals surface area contributed by atoms with Gasteiger partial charge < -0.3 is 19.0 Å². The number of aryl methyl sites for hydroxylation is 1. The number of fused-ring (bicyclic) bond motifs is 1. The standard InChI is InChI=1S/C16H16O7/c1-4-9-12(13(15(19)21-2)16(20)22-3)14(18)11-8(17)6-5-7-10(11)23-9/h5-7,13,17H,4H2,1-3H3. The Labute approximate surface area is 131 Å². The molecule has 0 unspecified atom stereocenters. The molecule has 7 heteroatoms. The predicted octanol–water partition coefficient (Wildman–Crippen LogP) is 1.49. The molecule has 122 valence electrons. The van der Waals surface area contributed by atoms with E-state index in [-0.39, 0.29) is 34.5 Å². The third-order valence-corrected chi connectivity index (χ3v) is 3.49. The van der Waals surface area contributed by atoms with Gasteiger partial charge in [0.2, 0.25) is 5.43 Å². The molecule has 0 bridgehead atoms. The van der Waals surface area contributed by atoms with Gasteiger partial charge >= 0.3 is 11.9 Å². The van der Waals surface area contributed by atoms with Crippen LogP contribution in [0.4, 0.5) is 0 Å². The lowest BCUT2D eigenvalue weighted by Crippen LogP contribution is -2.30. The quantitative estimate of drug-likeness (QED) is 0.672. The number of phenolic OH excluding ortho intramolecular Hbond substituents is 1. The molecular weight excluding hydrogens is 304 g/mol. The van der Waals surface area contributed by atoms with Crippen molar-refractivity contribution >= 4 is 22.9 Å². The van der Waals surface area contributed by atoms with E-state index in [1.807, 2.05) is 0 Å². The minimum atomic E-state index is -1.57. The summed E-state index contributed by atoms with van der Waals surface area (Å²) in [5, 5.41) is 9.82. The van der Waals surface area contributed by atoms with Crippen LogP contribution in [0.15, 0.2) is 27.4 Å². The first kappa shape index (κ1) is 16.5. The van der Waals surface area contributed by atoms with E-state index in [2.05, 4.69) is 9.47 Å². The highest BCUT2D eigenvalue weighted by Crippen LogP contribution is 2.28. The first-order valence-electron chi connectivity index (χ1n) is 6.89. The largest absolute Gasteiger partial charge is 0.507 e. The number of hydrogen-bond donors (Lipinski definition) is 1. The molecule has 0 spiro atoms. The second-order valence-electron chi connectivity index (χ2n) is 4.75. The van der Waals surface area contributed by atoms with Crippen LogP contribution in [-0.4, -0.2) is 31.3 Å². The van der Waals surface area contributed by atoms with Crippen LogP contribution < -0.4 is 5.43 Å². The SMILES string of the molecule is CCc1oc2cccc(O)c2c(=O)c1C(C(=O)OC)C(=O)OC. The Kier molecular flexibility index (Phi) is 4.68. The van der Waals surface area contributed by atoms with E-state index in [9.17, 15) is 19.5 Å². The van der Waals surface area contributed by atoms with E-state index in [0.717, 1.165) is 14.2 Å². The van der Waals surface area contributed by atoms with Crippen LogP contribution in [0.5, 0.6) is 5.75 Å². The van der Waals surface area contributed by atoms with Crippen molar-refractivity contribution in [2.45, 2.75) is 19.3 Å². The van der Waals surface area contributed by atoms with E-state index in [1.165, 1.54) is 18.2 Å². The molecule has 2 aromatic rings. The van der Waals surface area contributed by atoms with Crippen molar-refractivity contribution in [2.24, 2.45) is 0 Å². The number of hydrogen-bond acceptors (Lipinski definition) is 7. The molecule has 0 saturated carbocycles. The highest BCUT2D eigenvalue weighted by molar-refractivity contribution is 6.01. The van der Waals surface area contributed by atoms with Gasteiger partial charge in [0.15, 0.2) is 5.92 Å². The summed E-state index contributed by atoms with van der Waals surface area (Å²) in [6, 6.07) is 4.36. The van der Waals surface area contributed by atoms with Crippen LogP contribution in [-0.2, 0) is 25.5 Å². The number of rotatable bonds is 4. The normalized spacial score (nSPS) is 10.8. The van der Waals surface area contributed by atoms with E-state index in [1.54, 1.807) is 6.92 Å². The van der Waals surface area contributed by atoms with Gasteiger partial charge in [-0.05, 0) is 12.1 Å². The fourth-order valence-electron chi connectivity index (χ4n) is 2.40. The minimum absolute atomic E-state index is 0.0995. The topological polar surface area (TPSA) is 103 Å². The summed E-state index contributed by atoms with van der Waals surface area (Å²) >= 11 is 0. The number of aromatic hydroxyl groups is 1. The molecule has 23 heavy (non-hydrogen) atoms. The summed E-state index contributed by atoms with van der Waals surface area (Å²) in [7, 11) is 2.20. The van der Waals surface area contributed by atoms with Crippen molar-refractivity contribution in [2.75, 3.05) is 14.2 Å². The van der Waals surface area contributed by atoms with Crippen molar-refractivity contribution in [1.29, 1.82) is 0 Å². The molecule has 0 atom stereocenters. The Balaban J connectivity index is 2.88. The van der Waals surface area contributed by atoms with Crippen LogP contribution in [0.1, 0.15) is 24.2 Å². The summed E-state index contributed by atoms with van der Waals surface area (Å²) < 4.78 is 14.8. The van der Waals surface area contributed by atoms with Gasteiger partial charge in [0, 0.05) is 6.42 Å². The van der Waals surface area contributed by atoms with Crippen molar-refractivity contribution < 1.29 is 28.6 Å². The Morgan fingerprint density at radius 3 is 2.35 bits per heavy atom. The summed E-state index contributed by atoms with van der Waals surface area (Å²) in [6.45, 7) is 1.71. The van der Waals surface area contributed by atoms with E-state index in [4.69, 9.17) is 4.42 Å². The Hall–Kier alpha value is -2.83. The highest BCUT2D eigenvalue weighted by Gasteiger charge is 2.36. The molecule has 0 amide bonds. The molecule has 0 fully saturated rings. The highest BCUT2D eigenvalue weighted by atomic mass is 16.5. The fraction of sp³-hybridized carbons (Fsp3) is 0.312. The van der Waals surface area contributed by atoms with Gasteiger partial charge in [-0.15, -0.1) is 0 Å².